The van der Waals surface area contributed by atoms with Crippen molar-refractivity contribution in [3.05, 3.63) is 24.2 Å². The summed E-state index contributed by atoms with van der Waals surface area (Å²) in [4.78, 5) is 2.45. The molecular formula is C17H32N2O. The van der Waals surface area contributed by atoms with E-state index in [4.69, 9.17) is 4.74 Å². The Bertz CT molecular complexity index is 354. The lowest BCUT2D eigenvalue weighted by molar-refractivity contribution is 0.189. The lowest BCUT2D eigenvalue weighted by Gasteiger charge is -2.39. The summed E-state index contributed by atoms with van der Waals surface area (Å²) < 4.78 is 5.45. The Morgan fingerprint density at radius 2 is 2.15 bits per heavy atom. The number of allylic oxidation sites excluding steroid dienone is 1. The summed E-state index contributed by atoms with van der Waals surface area (Å²) in [5.74, 6) is 0.848. The molecule has 1 rings (SSSR count). The first kappa shape index (κ1) is 16.9. The highest BCUT2D eigenvalue weighted by Gasteiger charge is 2.33. The van der Waals surface area contributed by atoms with Gasteiger partial charge in [-0.15, -0.1) is 0 Å². The zero-order valence-electron chi connectivity index (χ0n) is 14.1. The Kier molecular flexibility index (Phi) is 5.97. The van der Waals surface area contributed by atoms with Crippen LogP contribution in [0.15, 0.2) is 24.2 Å². The van der Waals surface area contributed by atoms with E-state index < -0.39 is 0 Å². The fraction of sp³-hybridized carbons (Fsp3) is 0.765. The zero-order chi connectivity index (χ0) is 15.3. The maximum Gasteiger partial charge on any atom is 0.182 e. The Morgan fingerprint density at radius 3 is 2.55 bits per heavy atom. The fourth-order valence-corrected chi connectivity index (χ4v) is 2.85. The van der Waals surface area contributed by atoms with Gasteiger partial charge in [0, 0.05) is 18.3 Å². The Hall–Kier alpha value is -1.12. The molecule has 0 aromatic rings. The van der Waals surface area contributed by atoms with Crippen molar-refractivity contribution in [2.75, 3.05) is 13.7 Å². The van der Waals surface area contributed by atoms with E-state index in [9.17, 15) is 0 Å². The first-order valence-corrected chi connectivity index (χ1v) is 7.77. The molecule has 0 amide bonds. The third-order valence-electron chi connectivity index (χ3n) is 4.02. The summed E-state index contributed by atoms with van der Waals surface area (Å²) in [6.07, 6.45) is 5.57. The molecule has 3 heteroatoms. The first-order chi connectivity index (χ1) is 9.31. The van der Waals surface area contributed by atoms with Crippen LogP contribution in [-0.4, -0.2) is 30.6 Å². The Balaban J connectivity index is 2.89. The summed E-state index contributed by atoms with van der Waals surface area (Å²) in [5, 5.41) is 3.54. The van der Waals surface area contributed by atoms with Gasteiger partial charge in [0.15, 0.2) is 5.88 Å². The summed E-state index contributed by atoms with van der Waals surface area (Å²) in [5.41, 5.74) is 1.27. The third-order valence-corrected chi connectivity index (χ3v) is 4.02. The van der Waals surface area contributed by atoms with Crippen LogP contribution in [0.2, 0.25) is 0 Å². The summed E-state index contributed by atoms with van der Waals surface area (Å²) in [6, 6.07) is 0.774. The molecule has 0 aromatic heterocycles. The van der Waals surface area contributed by atoms with E-state index in [0.717, 1.165) is 18.8 Å². The van der Waals surface area contributed by atoms with Crippen molar-refractivity contribution < 1.29 is 4.74 Å². The normalized spacial score (nSPS) is 21.8. The molecule has 1 heterocycles. The monoisotopic (exact) mass is 280 g/mol. The average Bonchev–Trinajstić information content (AvgIpc) is 2.78. The molecule has 1 saturated heterocycles. The van der Waals surface area contributed by atoms with E-state index in [1.54, 1.807) is 7.11 Å². The van der Waals surface area contributed by atoms with Gasteiger partial charge in [0.05, 0.1) is 13.2 Å². The molecular weight excluding hydrogens is 248 g/mol. The molecule has 2 atom stereocenters. The van der Waals surface area contributed by atoms with E-state index in [0.29, 0.717) is 6.04 Å². The molecule has 0 spiro atoms. The minimum Gasteiger partial charge on any atom is -0.483 e. The molecule has 20 heavy (non-hydrogen) atoms. The number of ether oxygens (including phenoxy) is 1. The van der Waals surface area contributed by atoms with Crippen molar-refractivity contribution in [1.29, 1.82) is 0 Å². The molecule has 1 N–H and O–H groups in total. The lowest BCUT2D eigenvalue weighted by atomic mass is 9.84. The molecule has 0 aliphatic carbocycles. The molecule has 0 bridgehead atoms. The summed E-state index contributed by atoms with van der Waals surface area (Å²) in [7, 11) is 1.72. The number of nitrogens with one attached hydrogen (secondary N) is 1. The van der Waals surface area contributed by atoms with Gasteiger partial charge in [0.25, 0.3) is 0 Å². The molecule has 1 aliphatic heterocycles. The van der Waals surface area contributed by atoms with Crippen molar-refractivity contribution in [1.82, 2.24) is 10.2 Å². The van der Waals surface area contributed by atoms with Crippen LogP contribution in [0.25, 0.3) is 0 Å². The Morgan fingerprint density at radius 1 is 1.50 bits per heavy atom. The van der Waals surface area contributed by atoms with Gasteiger partial charge in [-0.3, -0.25) is 0 Å². The van der Waals surface area contributed by atoms with Crippen molar-refractivity contribution >= 4 is 0 Å². The van der Waals surface area contributed by atoms with E-state index in [2.05, 4.69) is 57.5 Å². The lowest BCUT2D eigenvalue weighted by Crippen LogP contribution is -2.47. The second kappa shape index (κ2) is 7.05. The van der Waals surface area contributed by atoms with E-state index >= 15 is 0 Å². The number of rotatable bonds is 6. The van der Waals surface area contributed by atoms with E-state index in [-0.39, 0.29) is 11.5 Å². The van der Waals surface area contributed by atoms with Crippen molar-refractivity contribution in [2.24, 2.45) is 5.41 Å². The van der Waals surface area contributed by atoms with Crippen LogP contribution in [0.5, 0.6) is 0 Å². The van der Waals surface area contributed by atoms with Crippen LogP contribution in [0.4, 0.5) is 0 Å². The SMILES string of the molecule is C=C(C(N/C(=C\CC)OC)C(C)(C)C)N1CCCC1C. The topological polar surface area (TPSA) is 24.5 Å². The summed E-state index contributed by atoms with van der Waals surface area (Å²) >= 11 is 0. The number of methoxy groups -OCH3 is 1. The number of nitrogens with zero attached hydrogens (tertiary/aromatic N) is 1. The quantitative estimate of drug-likeness (QED) is 0.747. The van der Waals surface area contributed by atoms with Gasteiger partial charge in [-0.1, -0.05) is 34.3 Å². The second-order valence-electron chi connectivity index (χ2n) is 6.80. The minimum absolute atomic E-state index is 0.0881. The highest BCUT2D eigenvalue weighted by atomic mass is 16.5. The molecule has 1 aliphatic rings. The van der Waals surface area contributed by atoms with Gasteiger partial charge in [-0.05, 0) is 37.7 Å². The highest BCUT2D eigenvalue weighted by Crippen LogP contribution is 2.31. The molecule has 0 aromatic carbocycles. The number of hydrogen-bond acceptors (Lipinski definition) is 3. The smallest absolute Gasteiger partial charge is 0.182 e. The largest absolute Gasteiger partial charge is 0.483 e. The van der Waals surface area contributed by atoms with Crippen molar-refractivity contribution in [3.63, 3.8) is 0 Å². The van der Waals surface area contributed by atoms with Crippen LogP contribution in [0.3, 0.4) is 0 Å². The standard InChI is InChI=1S/C17H32N2O/c1-8-10-15(20-7)18-16(17(4,5)6)14(3)19-12-9-11-13(19)2/h10,13,16,18H,3,8-9,11-12H2,1-2,4-7H3/b15-10+. The number of hydrogen-bond donors (Lipinski definition) is 1. The first-order valence-electron chi connectivity index (χ1n) is 7.77. The maximum absolute atomic E-state index is 5.45. The van der Waals surface area contributed by atoms with Gasteiger partial charge in [-0.2, -0.15) is 0 Å². The average molecular weight is 280 g/mol. The van der Waals surface area contributed by atoms with Gasteiger partial charge in [0.1, 0.15) is 0 Å². The van der Waals surface area contributed by atoms with Gasteiger partial charge in [-0.25, -0.2) is 0 Å². The second-order valence-corrected chi connectivity index (χ2v) is 6.80. The maximum atomic E-state index is 5.45. The summed E-state index contributed by atoms with van der Waals surface area (Å²) in [6.45, 7) is 16.6. The Labute approximate surface area is 125 Å². The predicted octanol–water partition coefficient (Wildman–Crippen LogP) is 3.89. The molecule has 2 unspecified atom stereocenters. The van der Waals surface area contributed by atoms with Crippen LogP contribution >= 0.6 is 0 Å². The highest BCUT2D eigenvalue weighted by molar-refractivity contribution is 5.14. The van der Waals surface area contributed by atoms with Gasteiger partial charge < -0.3 is 15.0 Å². The molecule has 3 nitrogen and oxygen atoms in total. The van der Waals surface area contributed by atoms with Crippen LogP contribution in [0.1, 0.15) is 53.9 Å². The van der Waals surface area contributed by atoms with E-state index in [1.165, 1.54) is 18.5 Å². The van der Waals surface area contributed by atoms with Crippen LogP contribution in [-0.2, 0) is 4.74 Å². The minimum atomic E-state index is 0.0881. The molecule has 116 valence electrons. The molecule has 0 saturated carbocycles. The van der Waals surface area contributed by atoms with Crippen molar-refractivity contribution in [2.45, 2.75) is 66.0 Å². The van der Waals surface area contributed by atoms with Crippen molar-refractivity contribution in [3.8, 4) is 0 Å². The molecule has 1 fully saturated rings. The van der Waals surface area contributed by atoms with Gasteiger partial charge in [0.2, 0.25) is 0 Å². The number of likely N-dealkylation sites (tertiary alicyclic amines) is 1. The third kappa shape index (κ3) is 4.19. The van der Waals surface area contributed by atoms with Crippen LogP contribution in [0, 0.1) is 5.41 Å². The van der Waals surface area contributed by atoms with Gasteiger partial charge >= 0.3 is 0 Å². The fourth-order valence-electron chi connectivity index (χ4n) is 2.85. The zero-order valence-corrected chi connectivity index (χ0v) is 14.1. The molecule has 0 radical (unpaired) electrons. The van der Waals surface area contributed by atoms with E-state index in [1.807, 2.05) is 0 Å². The van der Waals surface area contributed by atoms with Crippen LogP contribution < -0.4 is 5.32 Å². The predicted molar refractivity (Wildman–Crippen MR) is 86.3 cm³/mol.